The number of hydrogen-bond acceptors (Lipinski definition) is 3. The summed E-state index contributed by atoms with van der Waals surface area (Å²) in [6.45, 7) is 18.0. The van der Waals surface area contributed by atoms with Crippen LogP contribution in [0.15, 0.2) is 18.2 Å². The summed E-state index contributed by atoms with van der Waals surface area (Å²) >= 11 is 0. The third-order valence-corrected chi connectivity index (χ3v) is 4.15. The molecule has 2 N–H and O–H groups in total. The monoisotopic (exact) mass is 377 g/mol. The van der Waals surface area contributed by atoms with Crippen LogP contribution in [0, 0.1) is 0 Å². The van der Waals surface area contributed by atoms with Gasteiger partial charge in [-0.15, -0.1) is 0 Å². The number of nitrogens with one attached hydrogen (secondary N) is 1. The lowest BCUT2D eigenvalue weighted by atomic mass is 9.79. The molecule has 0 bridgehead atoms. The summed E-state index contributed by atoms with van der Waals surface area (Å²) in [7, 11) is 0. The molecular weight excluding hydrogens is 342 g/mol. The predicted octanol–water partition coefficient (Wildman–Crippen LogP) is 4.80. The first-order valence-electron chi connectivity index (χ1n) is 9.36. The number of benzene rings is 1. The summed E-state index contributed by atoms with van der Waals surface area (Å²) in [6.07, 6.45) is -0.528. The van der Waals surface area contributed by atoms with Crippen molar-refractivity contribution in [3.63, 3.8) is 0 Å². The first-order valence-corrected chi connectivity index (χ1v) is 9.36. The molecule has 1 atom stereocenters. The molecule has 0 spiro atoms. The van der Waals surface area contributed by atoms with Crippen LogP contribution in [0.4, 0.5) is 4.79 Å². The van der Waals surface area contributed by atoms with Crippen LogP contribution in [0.5, 0.6) is 0 Å². The van der Waals surface area contributed by atoms with Crippen molar-refractivity contribution in [1.29, 1.82) is 0 Å². The van der Waals surface area contributed by atoms with Crippen LogP contribution in [0.3, 0.4) is 0 Å². The van der Waals surface area contributed by atoms with E-state index in [-0.39, 0.29) is 17.3 Å². The van der Waals surface area contributed by atoms with Gasteiger partial charge in [-0.05, 0) is 48.3 Å². The van der Waals surface area contributed by atoms with Gasteiger partial charge in [0.1, 0.15) is 11.6 Å². The minimum atomic E-state index is -1.08. The van der Waals surface area contributed by atoms with Crippen LogP contribution in [0.1, 0.15) is 79.0 Å². The molecule has 0 aliphatic heterocycles. The molecule has 1 unspecified atom stereocenters. The van der Waals surface area contributed by atoms with Gasteiger partial charge in [0, 0.05) is 6.42 Å². The van der Waals surface area contributed by atoms with E-state index >= 15 is 0 Å². The number of ether oxygens (including phenoxy) is 1. The van der Waals surface area contributed by atoms with E-state index in [0.717, 1.165) is 16.7 Å². The minimum Gasteiger partial charge on any atom is -0.480 e. The van der Waals surface area contributed by atoms with Gasteiger partial charge in [0.2, 0.25) is 0 Å². The van der Waals surface area contributed by atoms with E-state index < -0.39 is 23.7 Å². The lowest BCUT2D eigenvalue weighted by Gasteiger charge is -2.27. The van der Waals surface area contributed by atoms with Crippen molar-refractivity contribution in [2.75, 3.05) is 0 Å². The average molecular weight is 378 g/mol. The topological polar surface area (TPSA) is 75.6 Å². The highest BCUT2D eigenvalue weighted by atomic mass is 16.6. The lowest BCUT2D eigenvalue weighted by Crippen LogP contribution is -2.44. The fourth-order valence-corrected chi connectivity index (χ4v) is 2.56. The van der Waals surface area contributed by atoms with Crippen LogP contribution < -0.4 is 5.32 Å². The molecule has 27 heavy (non-hydrogen) atoms. The molecule has 152 valence electrons. The molecule has 5 heteroatoms. The second kappa shape index (κ2) is 7.91. The molecule has 1 amide bonds. The number of amides is 1. The van der Waals surface area contributed by atoms with E-state index in [9.17, 15) is 14.7 Å². The van der Waals surface area contributed by atoms with Gasteiger partial charge >= 0.3 is 12.1 Å². The highest BCUT2D eigenvalue weighted by Gasteiger charge is 2.26. The van der Waals surface area contributed by atoms with Crippen molar-refractivity contribution in [3.05, 3.63) is 34.9 Å². The Labute approximate surface area is 163 Å². The Hall–Kier alpha value is -2.04. The van der Waals surface area contributed by atoms with Gasteiger partial charge in [-0.25, -0.2) is 9.59 Å². The fraction of sp³-hybridized carbons (Fsp3) is 0.636. The van der Waals surface area contributed by atoms with E-state index in [1.807, 2.05) is 12.1 Å². The summed E-state index contributed by atoms with van der Waals surface area (Å²) in [5.74, 6) is -1.08. The van der Waals surface area contributed by atoms with E-state index in [2.05, 4.69) is 52.9 Å². The molecule has 0 radical (unpaired) electrons. The van der Waals surface area contributed by atoms with Crippen LogP contribution in [0.25, 0.3) is 0 Å². The normalized spacial score (nSPS) is 13.8. The zero-order chi connectivity index (χ0) is 21.2. The summed E-state index contributed by atoms with van der Waals surface area (Å²) in [6, 6.07) is 5.19. The molecule has 0 heterocycles. The van der Waals surface area contributed by atoms with Crippen molar-refractivity contribution < 1.29 is 19.4 Å². The molecule has 1 aromatic rings. The third kappa shape index (κ3) is 7.61. The first-order chi connectivity index (χ1) is 12.0. The zero-order valence-electron chi connectivity index (χ0n) is 18.2. The zero-order valence-corrected chi connectivity index (χ0v) is 18.2. The Morgan fingerprint density at radius 3 is 1.70 bits per heavy atom. The van der Waals surface area contributed by atoms with E-state index in [1.54, 1.807) is 20.8 Å². The SMILES string of the molecule is CC(C)(C)OC(=O)NC(Cc1cc(C(C)(C)C)cc(C(C)(C)C)c1)C(=O)O. The molecule has 1 aromatic carbocycles. The number of carboxylic acids is 1. The summed E-state index contributed by atoms with van der Waals surface area (Å²) < 4.78 is 5.20. The first kappa shape index (κ1) is 23.0. The summed E-state index contributed by atoms with van der Waals surface area (Å²) in [5.41, 5.74) is 2.37. The van der Waals surface area contributed by atoms with Gasteiger partial charge in [0.25, 0.3) is 0 Å². The van der Waals surface area contributed by atoms with Gasteiger partial charge in [-0.1, -0.05) is 59.7 Å². The van der Waals surface area contributed by atoms with Crippen LogP contribution >= 0.6 is 0 Å². The molecule has 0 fully saturated rings. The maximum atomic E-state index is 12.0. The molecule has 0 saturated carbocycles. The van der Waals surface area contributed by atoms with Crippen LogP contribution in [-0.4, -0.2) is 28.8 Å². The predicted molar refractivity (Wildman–Crippen MR) is 108 cm³/mol. The highest BCUT2D eigenvalue weighted by molar-refractivity contribution is 5.80. The maximum Gasteiger partial charge on any atom is 0.408 e. The smallest absolute Gasteiger partial charge is 0.408 e. The second-order valence-corrected chi connectivity index (χ2v) is 10.2. The van der Waals surface area contributed by atoms with Crippen molar-refractivity contribution in [2.45, 2.75) is 91.2 Å². The van der Waals surface area contributed by atoms with Gasteiger partial charge in [-0.2, -0.15) is 0 Å². The quantitative estimate of drug-likeness (QED) is 0.790. The molecule has 0 aromatic heterocycles. The van der Waals surface area contributed by atoms with Gasteiger partial charge in [0.05, 0.1) is 0 Å². The minimum absolute atomic E-state index is 0.0622. The Bertz CT molecular complexity index is 655. The number of alkyl carbamates (subject to hydrolysis) is 1. The van der Waals surface area contributed by atoms with E-state index in [4.69, 9.17) is 4.74 Å². The van der Waals surface area contributed by atoms with Gasteiger partial charge in [-0.3, -0.25) is 0 Å². The Morgan fingerprint density at radius 1 is 0.926 bits per heavy atom. The second-order valence-electron chi connectivity index (χ2n) is 10.2. The summed E-state index contributed by atoms with van der Waals surface area (Å²) in [5, 5.41) is 12.0. The highest BCUT2D eigenvalue weighted by Crippen LogP contribution is 2.30. The standard InChI is InChI=1S/C22H35NO4/c1-20(2,3)15-10-14(11-16(13-15)21(4,5)6)12-17(18(24)25)23-19(26)27-22(7,8)9/h10-11,13,17H,12H2,1-9H3,(H,23,26)(H,24,25). The molecule has 0 aliphatic carbocycles. The fourth-order valence-electron chi connectivity index (χ4n) is 2.56. The van der Waals surface area contributed by atoms with Gasteiger partial charge in [0.15, 0.2) is 0 Å². The van der Waals surface area contributed by atoms with Crippen molar-refractivity contribution in [1.82, 2.24) is 5.32 Å². The maximum absolute atomic E-state index is 12.0. The molecule has 1 rings (SSSR count). The average Bonchev–Trinajstić information content (AvgIpc) is 2.42. The third-order valence-electron chi connectivity index (χ3n) is 4.15. The van der Waals surface area contributed by atoms with E-state index in [1.165, 1.54) is 0 Å². The number of carbonyl (C=O) groups excluding carboxylic acids is 1. The van der Waals surface area contributed by atoms with E-state index in [0.29, 0.717) is 0 Å². The molecule has 0 aliphatic rings. The van der Waals surface area contributed by atoms with Crippen molar-refractivity contribution in [3.8, 4) is 0 Å². The number of hydrogen-bond donors (Lipinski definition) is 2. The molecule has 0 saturated heterocycles. The number of rotatable bonds is 4. The van der Waals surface area contributed by atoms with Gasteiger partial charge < -0.3 is 15.2 Å². The lowest BCUT2D eigenvalue weighted by molar-refractivity contribution is -0.139. The number of carbonyl (C=O) groups is 2. The molecule has 5 nitrogen and oxygen atoms in total. The summed E-state index contributed by atoms with van der Waals surface area (Å²) in [4.78, 5) is 23.7. The Balaban J connectivity index is 3.18. The Morgan fingerprint density at radius 2 is 1.37 bits per heavy atom. The van der Waals surface area contributed by atoms with Crippen LogP contribution in [-0.2, 0) is 26.8 Å². The Kier molecular flexibility index (Phi) is 6.74. The van der Waals surface area contributed by atoms with Crippen molar-refractivity contribution in [2.24, 2.45) is 0 Å². The number of aliphatic carboxylic acids is 1. The van der Waals surface area contributed by atoms with Crippen LogP contribution in [0.2, 0.25) is 0 Å². The molecular formula is C22H35NO4. The largest absolute Gasteiger partial charge is 0.480 e. The number of carboxylic acid groups (broad SMARTS) is 1. The van der Waals surface area contributed by atoms with Crippen molar-refractivity contribution >= 4 is 12.1 Å².